The second kappa shape index (κ2) is 10.6. The third-order valence-corrected chi connectivity index (χ3v) is 8.03. The molecule has 2 N–H and O–H groups in total. The molecule has 0 amide bonds. The predicted molar refractivity (Wildman–Crippen MR) is 134 cm³/mol. The van der Waals surface area contributed by atoms with E-state index in [0.29, 0.717) is 12.5 Å². The highest BCUT2D eigenvalue weighted by Gasteiger charge is 2.37. The maximum Gasteiger partial charge on any atom is 0.0932 e. The molecule has 0 saturated carbocycles. The normalized spacial score (nSPS) is 18.0. The molecule has 0 spiro atoms. The number of thiazole rings is 1. The number of aromatic nitrogens is 1. The van der Waals surface area contributed by atoms with Gasteiger partial charge in [-0.3, -0.25) is 0 Å². The summed E-state index contributed by atoms with van der Waals surface area (Å²) < 4.78 is 0. The van der Waals surface area contributed by atoms with Gasteiger partial charge in [-0.25, -0.2) is 4.98 Å². The quantitative estimate of drug-likeness (QED) is 0.391. The zero-order chi connectivity index (χ0) is 22.5. The molecule has 1 aliphatic rings. The molecule has 0 saturated heterocycles. The van der Waals surface area contributed by atoms with E-state index in [1.54, 1.807) is 0 Å². The van der Waals surface area contributed by atoms with Gasteiger partial charge in [0.25, 0.3) is 0 Å². The van der Waals surface area contributed by atoms with Gasteiger partial charge in [0.15, 0.2) is 0 Å². The Morgan fingerprint density at radius 2 is 1.84 bits per heavy atom. The molecule has 1 heterocycles. The topological polar surface area (TPSA) is 45.2 Å². The molecular formula is C27H42N2OS. The van der Waals surface area contributed by atoms with Crippen molar-refractivity contribution in [2.75, 3.05) is 19.7 Å². The van der Waals surface area contributed by atoms with E-state index in [4.69, 9.17) is 10.1 Å². The molecule has 1 aliphatic carbocycles. The molecule has 4 heteroatoms. The van der Waals surface area contributed by atoms with E-state index >= 15 is 0 Å². The maximum atomic E-state index is 8.98. The van der Waals surface area contributed by atoms with Gasteiger partial charge in [0, 0.05) is 17.5 Å². The van der Waals surface area contributed by atoms with Crippen LogP contribution in [0.5, 0.6) is 0 Å². The number of aliphatic hydroxyl groups is 1. The van der Waals surface area contributed by atoms with E-state index < -0.39 is 0 Å². The molecule has 172 valence electrons. The number of benzene rings is 1. The van der Waals surface area contributed by atoms with Crippen LogP contribution in [0.15, 0.2) is 23.6 Å². The maximum absolute atomic E-state index is 8.98. The van der Waals surface area contributed by atoms with Gasteiger partial charge in [0.2, 0.25) is 0 Å². The lowest BCUT2D eigenvalue weighted by Gasteiger charge is -2.42. The van der Waals surface area contributed by atoms with Gasteiger partial charge in [-0.1, -0.05) is 53.2 Å². The van der Waals surface area contributed by atoms with E-state index in [0.717, 1.165) is 18.7 Å². The SMILES string of the molecule is CCCC(CCCc1nc(-c2ccc3c(c2)C(C)(C)CCC3(C)C)cs1)CNCCO. The van der Waals surface area contributed by atoms with Crippen molar-refractivity contribution in [1.29, 1.82) is 0 Å². The highest BCUT2D eigenvalue weighted by atomic mass is 32.1. The third kappa shape index (κ3) is 6.18. The molecule has 0 bridgehead atoms. The van der Waals surface area contributed by atoms with Gasteiger partial charge >= 0.3 is 0 Å². The molecule has 2 aromatic rings. The third-order valence-electron chi connectivity index (χ3n) is 7.12. The minimum Gasteiger partial charge on any atom is -0.395 e. The largest absolute Gasteiger partial charge is 0.395 e. The highest BCUT2D eigenvalue weighted by molar-refractivity contribution is 7.09. The Morgan fingerprint density at radius 1 is 1.10 bits per heavy atom. The van der Waals surface area contributed by atoms with Crippen LogP contribution in [0.2, 0.25) is 0 Å². The van der Waals surface area contributed by atoms with Gasteiger partial charge in [-0.15, -0.1) is 11.3 Å². The standard InChI is InChI=1S/C27H42N2OS/c1-6-8-20(18-28-15-16-30)9-7-10-25-29-24(19-31-25)21-11-12-22-23(17-21)27(4,5)14-13-26(22,2)3/h11-12,17,19-20,28,30H,6-10,13-16,18H2,1-5H3. The summed E-state index contributed by atoms with van der Waals surface area (Å²) in [6, 6.07) is 7.06. The van der Waals surface area contributed by atoms with Crippen LogP contribution in [-0.2, 0) is 17.3 Å². The van der Waals surface area contributed by atoms with Gasteiger partial charge < -0.3 is 10.4 Å². The average Bonchev–Trinajstić information content (AvgIpc) is 3.20. The first kappa shape index (κ1) is 24.4. The van der Waals surface area contributed by atoms with Crippen LogP contribution in [0, 0.1) is 5.92 Å². The zero-order valence-electron chi connectivity index (χ0n) is 20.3. The van der Waals surface area contributed by atoms with Crippen molar-refractivity contribution in [3.8, 4) is 11.3 Å². The minimum atomic E-state index is 0.220. The summed E-state index contributed by atoms with van der Waals surface area (Å²) in [6.45, 7) is 13.7. The lowest BCUT2D eigenvalue weighted by molar-refractivity contribution is 0.284. The number of aryl methyl sites for hydroxylation is 1. The first-order valence-electron chi connectivity index (χ1n) is 12.2. The Labute approximate surface area is 193 Å². The molecular weight excluding hydrogens is 400 g/mol. The first-order chi connectivity index (χ1) is 14.8. The van der Waals surface area contributed by atoms with Crippen molar-refractivity contribution in [3.63, 3.8) is 0 Å². The monoisotopic (exact) mass is 442 g/mol. The van der Waals surface area contributed by atoms with Crippen LogP contribution >= 0.6 is 11.3 Å². The summed E-state index contributed by atoms with van der Waals surface area (Å²) in [7, 11) is 0. The Hall–Kier alpha value is -1.23. The fourth-order valence-corrected chi connectivity index (χ4v) is 5.84. The van der Waals surface area contributed by atoms with Crippen LogP contribution in [0.4, 0.5) is 0 Å². The number of nitrogens with one attached hydrogen (secondary N) is 1. The molecule has 1 aromatic heterocycles. The average molecular weight is 443 g/mol. The van der Waals surface area contributed by atoms with Gasteiger partial charge in [-0.05, 0) is 79.0 Å². The van der Waals surface area contributed by atoms with Crippen molar-refractivity contribution < 1.29 is 5.11 Å². The zero-order valence-corrected chi connectivity index (χ0v) is 21.1. The Morgan fingerprint density at radius 3 is 2.55 bits per heavy atom. The number of hydrogen-bond donors (Lipinski definition) is 2. The smallest absolute Gasteiger partial charge is 0.0932 e. The van der Waals surface area contributed by atoms with Crippen molar-refractivity contribution in [2.45, 2.75) is 90.4 Å². The summed E-state index contributed by atoms with van der Waals surface area (Å²) in [4.78, 5) is 5.00. The molecule has 0 fully saturated rings. The molecule has 3 rings (SSSR count). The number of hydrogen-bond acceptors (Lipinski definition) is 4. The lowest BCUT2D eigenvalue weighted by atomic mass is 9.63. The van der Waals surface area contributed by atoms with Crippen LogP contribution in [0.25, 0.3) is 11.3 Å². The van der Waals surface area contributed by atoms with Gasteiger partial charge in [0.1, 0.15) is 0 Å². The fraction of sp³-hybridized carbons (Fsp3) is 0.667. The Bertz CT molecular complexity index is 840. The van der Waals surface area contributed by atoms with E-state index in [1.165, 1.54) is 60.2 Å². The van der Waals surface area contributed by atoms with Crippen LogP contribution in [0.3, 0.4) is 0 Å². The molecule has 3 nitrogen and oxygen atoms in total. The Kier molecular flexibility index (Phi) is 8.34. The highest BCUT2D eigenvalue weighted by Crippen LogP contribution is 2.46. The molecule has 31 heavy (non-hydrogen) atoms. The molecule has 1 aromatic carbocycles. The molecule has 0 radical (unpaired) electrons. The Balaban J connectivity index is 1.64. The summed E-state index contributed by atoms with van der Waals surface area (Å²) in [5.41, 5.74) is 5.92. The minimum absolute atomic E-state index is 0.220. The predicted octanol–water partition coefficient (Wildman–Crippen LogP) is 6.48. The number of nitrogens with zero attached hydrogens (tertiary/aromatic N) is 1. The number of rotatable bonds is 11. The van der Waals surface area contributed by atoms with E-state index in [2.05, 4.69) is 63.5 Å². The summed E-state index contributed by atoms with van der Waals surface area (Å²) in [5, 5.41) is 15.8. The molecule has 1 atom stereocenters. The van der Waals surface area contributed by atoms with Crippen molar-refractivity contribution in [1.82, 2.24) is 10.3 Å². The fourth-order valence-electron chi connectivity index (χ4n) is 4.99. The van der Waals surface area contributed by atoms with E-state index in [1.807, 2.05) is 11.3 Å². The lowest BCUT2D eigenvalue weighted by Crippen LogP contribution is -2.33. The summed E-state index contributed by atoms with van der Waals surface area (Å²) >= 11 is 1.81. The number of aliphatic hydroxyl groups excluding tert-OH is 1. The van der Waals surface area contributed by atoms with Gasteiger partial charge in [0.05, 0.1) is 17.3 Å². The number of fused-ring (bicyclic) bond motifs is 1. The van der Waals surface area contributed by atoms with Crippen LogP contribution < -0.4 is 5.32 Å². The second-order valence-electron chi connectivity index (χ2n) is 10.6. The van der Waals surface area contributed by atoms with E-state index in [-0.39, 0.29) is 17.4 Å². The second-order valence-corrected chi connectivity index (χ2v) is 11.6. The summed E-state index contributed by atoms with van der Waals surface area (Å²) in [5.74, 6) is 0.696. The van der Waals surface area contributed by atoms with Crippen molar-refractivity contribution >= 4 is 11.3 Å². The molecule has 1 unspecified atom stereocenters. The van der Waals surface area contributed by atoms with Crippen molar-refractivity contribution in [2.24, 2.45) is 5.92 Å². The van der Waals surface area contributed by atoms with Gasteiger partial charge in [-0.2, -0.15) is 0 Å². The van der Waals surface area contributed by atoms with Crippen LogP contribution in [0.1, 0.15) is 89.3 Å². The summed E-state index contributed by atoms with van der Waals surface area (Å²) in [6.07, 6.45) is 8.44. The molecule has 0 aliphatic heterocycles. The van der Waals surface area contributed by atoms with Crippen molar-refractivity contribution in [3.05, 3.63) is 39.7 Å². The first-order valence-corrected chi connectivity index (χ1v) is 13.1. The van der Waals surface area contributed by atoms with E-state index in [9.17, 15) is 0 Å². The van der Waals surface area contributed by atoms with Crippen LogP contribution in [-0.4, -0.2) is 29.8 Å².